The van der Waals surface area contributed by atoms with Crippen molar-refractivity contribution in [3.05, 3.63) is 59.7 Å². The fraction of sp³-hybridized carbons (Fsp3) is 0.300. The molecule has 0 aromatic heterocycles. The molecule has 0 atom stereocenters. The van der Waals surface area contributed by atoms with E-state index < -0.39 is 0 Å². The van der Waals surface area contributed by atoms with E-state index in [1.165, 1.54) is 0 Å². The van der Waals surface area contributed by atoms with Crippen LogP contribution < -0.4 is 11.5 Å². The molecule has 3 rings (SSSR count). The summed E-state index contributed by atoms with van der Waals surface area (Å²) in [5.74, 6) is -0.422. The summed E-state index contributed by atoms with van der Waals surface area (Å²) in [6, 6.07) is 15.7. The zero-order chi connectivity index (χ0) is 18.0. The second-order valence-electron chi connectivity index (χ2n) is 6.63. The van der Waals surface area contributed by atoms with Gasteiger partial charge in [-0.3, -0.25) is 9.59 Å². The van der Waals surface area contributed by atoms with E-state index in [4.69, 9.17) is 11.5 Å². The highest BCUT2D eigenvalue weighted by Crippen LogP contribution is 2.32. The molecule has 5 nitrogen and oxygen atoms in total. The SMILES string of the molecule is CN(C(=O)c1cccc(-c2cccc(CN)c2)c1)C1CC(C(N)=O)C1. The molecule has 0 spiro atoms. The zero-order valence-corrected chi connectivity index (χ0v) is 14.3. The standard InChI is InChI=1S/C20H23N3O2/c1-23(18-10-17(11-18)19(22)24)20(25)16-7-3-6-15(9-16)14-5-2-4-13(8-14)12-21/h2-9,17-18H,10-12,21H2,1H3,(H2,22,24). The molecular formula is C20H23N3O2. The van der Waals surface area contributed by atoms with E-state index >= 15 is 0 Å². The second kappa shape index (κ2) is 7.07. The van der Waals surface area contributed by atoms with Gasteiger partial charge in [-0.05, 0) is 47.7 Å². The van der Waals surface area contributed by atoms with Crippen LogP contribution in [0.3, 0.4) is 0 Å². The van der Waals surface area contributed by atoms with Crippen LogP contribution in [-0.4, -0.2) is 29.8 Å². The number of benzene rings is 2. The number of hydrogen-bond donors (Lipinski definition) is 2. The summed E-state index contributed by atoms with van der Waals surface area (Å²) >= 11 is 0. The van der Waals surface area contributed by atoms with Crippen LogP contribution in [0.15, 0.2) is 48.5 Å². The molecule has 0 saturated heterocycles. The number of amides is 2. The highest BCUT2D eigenvalue weighted by atomic mass is 16.2. The van der Waals surface area contributed by atoms with Crippen LogP contribution in [0, 0.1) is 5.92 Å². The Morgan fingerprint density at radius 1 is 1.08 bits per heavy atom. The summed E-state index contributed by atoms with van der Waals surface area (Å²) in [4.78, 5) is 25.6. The van der Waals surface area contributed by atoms with Gasteiger partial charge < -0.3 is 16.4 Å². The van der Waals surface area contributed by atoms with Crippen LogP contribution in [-0.2, 0) is 11.3 Å². The smallest absolute Gasteiger partial charge is 0.253 e. The molecule has 1 saturated carbocycles. The van der Waals surface area contributed by atoms with Crippen molar-refractivity contribution < 1.29 is 9.59 Å². The van der Waals surface area contributed by atoms with E-state index in [0.29, 0.717) is 24.9 Å². The lowest BCUT2D eigenvalue weighted by atomic mass is 9.79. The van der Waals surface area contributed by atoms with Crippen molar-refractivity contribution in [2.75, 3.05) is 7.05 Å². The highest BCUT2D eigenvalue weighted by Gasteiger charge is 2.37. The Morgan fingerprint density at radius 2 is 1.72 bits per heavy atom. The van der Waals surface area contributed by atoms with Crippen molar-refractivity contribution in [3.8, 4) is 11.1 Å². The molecule has 25 heavy (non-hydrogen) atoms. The van der Waals surface area contributed by atoms with Crippen LogP contribution in [0.1, 0.15) is 28.8 Å². The molecule has 2 aromatic carbocycles. The van der Waals surface area contributed by atoms with Crippen LogP contribution in [0.5, 0.6) is 0 Å². The molecule has 2 aromatic rings. The summed E-state index contributed by atoms with van der Waals surface area (Å²) in [7, 11) is 1.78. The van der Waals surface area contributed by atoms with Crippen molar-refractivity contribution in [1.82, 2.24) is 4.90 Å². The van der Waals surface area contributed by atoms with Crippen molar-refractivity contribution in [2.24, 2.45) is 17.4 Å². The molecule has 130 valence electrons. The zero-order valence-electron chi connectivity index (χ0n) is 14.3. The lowest BCUT2D eigenvalue weighted by Crippen LogP contribution is -2.49. The first-order valence-electron chi connectivity index (χ1n) is 8.45. The van der Waals surface area contributed by atoms with Gasteiger partial charge >= 0.3 is 0 Å². The predicted molar refractivity (Wildman–Crippen MR) is 97.6 cm³/mol. The lowest BCUT2D eigenvalue weighted by molar-refractivity contribution is -0.125. The molecule has 0 heterocycles. The van der Waals surface area contributed by atoms with Gasteiger partial charge in [-0.2, -0.15) is 0 Å². The molecule has 1 aliphatic rings. The van der Waals surface area contributed by atoms with Gasteiger partial charge in [-0.1, -0.05) is 30.3 Å². The van der Waals surface area contributed by atoms with E-state index in [2.05, 4.69) is 0 Å². The first-order valence-corrected chi connectivity index (χ1v) is 8.45. The summed E-state index contributed by atoms with van der Waals surface area (Å²) in [6.45, 7) is 0.484. The van der Waals surface area contributed by atoms with Gasteiger partial charge in [0.25, 0.3) is 5.91 Å². The van der Waals surface area contributed by atoms with Crippen LogP contribution in [0.2, 0.25) is 0 Å². The Bertz CT molecular complexity index is 797. The fourth-order valence-corrected chi connectivity index (χ4v) is 3.22. The first kappa shape index (κ1) is 17.2. The third-order valence-electron chi connectivity index (χ3n) is 4.99. The Hall–Kier alpha value is -2.66. The monoisotopic (exact) mass is 337 g/mol. The number of primary amides is 1. The number of carbonyl (C=O) groups excluding carboxylic acids is 2. The lowest BCUT2D eigenvalue weighted by Gasteiger charge is -2.39. The van der Waals surface area contributed by atoms with Gasteiger partial charge in [0.15, 0.2) is 0 Å². The molecule has 0 aliphatic heterocycles. The molecule has 0 unspecified atom stereocenters. The van der Waals surface area contributed by atoms with Gasteiger partial charge in [-0.15, -0.1) is 0 Å². The van der Waals surface area contributed by atoms with E-state index in [1.807, 2.05) is 48.5 Å². The molecule has 0 bridgehead atoms. The maximum atomic E-state index is 12.8. The van der Waals surface area contributed by atoms with Crippen molar-refractivity contribution in [1.29, 1.82) is 0 Å². The minimum Gasteiger partial charge on any atom is -0.369 e. The number of nitrogens with zero attached hydrogens (tertiary/aromatic N) is 1. The summed E-state index contributed by atoms with van der Waals surface area (Å²) in [5, 5.41) is 0. The summed E-state index contributed by atoms with van der Waals surface area (Å²) in [6.07, 6.45) is 1.30. The molecule has 1 aliphatic carbocycles. The third kappa shape index (κ3) is 3.56. The van der Waals surface area contributed by atoms with Crippen LogP contribution in [0.25, 0.3) is 11.1 Å². The van der Waals surface area contributed by atoms with Gasteiger partial charge in [0.05, 0.1) is 0 Å². The van der Waals surface area contributed by atoms with E-state index in [9.17, 15) is 9.59 Å². The normalized spacial score (nSPS) is 19.1. The second-order valence-corrected chi connectivity index (χ2v) is 6.63. The van der Waals surface area contributed by atoms with Crippen LogP contribution >= 0.6 is 0 Å². The molecule has 0 radical (unpaired) electrons. The quantitative estimate of drug-likeness (QED) is 0.876. The fourth-order valence-electron chi connectivity index (χ4n) is 3.22. The Kier molecular flexibility index (Phi) is 4.86. The number of rotatable bonds is 5. The van der Waals surface area contributed by atoms with Crippen molar-refractivity contribution in [3.63, 3.8) is 0 Å². The minimum atomic E-state index is -0.279. The Labute approximate surface area is 147 Å². The van der Waals surface area contributed by atoms with Gasteiger partial charge in [-0.25, -0.2) is 0 Å². The molecule has 2 amide bonds. The number of nitrogens with two attached hydrogens (primary N) is 2. The first-order chi connectivity index (χ1) is 12.0. The maximum Gasteiger partial charge on any atom is 0.253 e. The van der Waals surface area contributed by atoms with E-state index in [0.717, 1.165) is 16.7 Å². The highest BCUT2D eigenvalue weighted by molar-refractivity contribution is 5.95. The van der Waals surface area contributed by atoms with Crippen molar-refractivity contribution in [2.45, 2.75) is 25.4 Å². The van der Waals surface area contributed by atoms with Gasteiger partial charge in [0, 0.05) is 31.1 Å². The Balaban J connectivity index is 1.77. The number of hydrogen-bond acceptors (Lipinski definition) is 3. The summed E-state index contributed by atoms with van der Waals surface area (Å²) < 4.78 is 0. The largest absolute Gasteiger partial charge is 0.369 e. The van der Waals surface area contributed by atoms with Gasteiger partial charge in [0.1, 0.15) is 0 Å². The molecule has 1 fully saturated rings. The molecule has 4 N–H and O–H groups in total. The van der Waals surface area contributed by atoms with E-state index in [-0.39, 0.29) is 23.8 Å². The van der Waals surface area contributed by atoms with E-state index in [1.54, 1.807) is 11.9 Å². The average Bonchev–Trinajstić information content (AvgIpc) is 2.59. The Morgan fingerprint density at radius 3 is 2.36 bits per heavy atom. The maximum absolute atomic E-state index is 12.8. The summed E-state index contributed by atoms with van der Waals surface area (Å²) in [5.41, 5.74) is 14.7. The number of carbonyl (C=O) groups is 2. The molecular weight excluding hydrogens is 314 g/mol. The third-order valence-corrected chi connectivity index (χ3v) is 4.99. The average molecular weight is 337 g/mol. The minimum absolute atomic E-state index is 0.0373. The predicted octanol–water partition coefficient (Wildman–Crippen LogP) is 2.15. The van der Waals surface area contributed by atoms with Crippen molar-refractivity contribution >= 4 is 11.8 Å². The molecule has 5 heteroatoms. The van der Waals surface area contributed by atoms with Gasteiger partial charge in [0.2, 0.25) is 5.91 Å². The van der Waals surface area contributed by atoms with Crippen LogP contribution in [0.4, 0.5) is 0 Å². The topological polar surface area (TPSA) is 89.4 Å².